The van der Waals surface area contributed by atoms with Crippen molar-refractivity contribution in [2.75, 3.05) is 13.7 Å². The fraction of sp³-hybridized carbons (Fsp3) is 0.389. The molecule has 1 saturated heterocycles. The molecule has 2 aliphatic rings. The van der Waals surface area contributed by atoms with Gasteiger partial charge < -0.3 is 19.5 Å². The molecule has 0 spiro atoms. The first-order valence-corrected chi connectivity index (χ1v) is 9.93. The molecular formula is C18H19FIN3O6. The normalized spacial score (nSPS) is 26.8. The third kappa shape index (κ3) is 4.51. The maximum absolute atomic E-state index is 15.1. The van der Waals surface area contributed by atoms with Gasteiger partial charge >= 0.3 is 11.7 Å². The van der Waals surface area contributed by atoms with Crippen LogP contribution in [0, 0.1) is 0 Å². The third-order valence-electron chi connectivity index (χ3n) is 4.50. The summed E-state index contributed by atoms with van der Waals surface area (Å²) in [5.41, 5.74) is -1.06. The van der Waals surface area contributed by atoms with E-state index < -0.39 is 48.4 Å². The standard InChI is InChI=1S/C18H19FIN3O6/c1-22-6-2-3-11(7-22)17(26)29-14-12(9-24)28-16(13(14)19)23-8-10(4-5-20)15(25)21-18(23)27/h2,4-8,12-14,16,24H,3,9H2,1H3,(H,21,25,27)/b5-4+/t12-,13-,14-,16-/m1/s1. The van der Waals surface area contributed by atoms with Gasteiger partial charge in [-0.15, -0.1) is 0 Å². The first-order chi connectivity index (χ1) is 13.8. The van der Waals surface area contributed by atoms with Crippen LogP contribution in [-0.4, -0.2) is 57.6 Å². The Morgan fingerprint density at radius 2 is 2.28 bits per heavy atom. The molecule has 1 fully saturated rings. The van der Waals surface area contributed by atoms with Gasteiger partial charge in [0, 0.05) is 25.9 Å². The molecule has 0 saturated carbocycles. The van der Waals surface area contributed by atoms with Crippen LogP contribution in [-0.2, 0) is 14.3 Å². The molecule has 0 amide bonds. The third-order valence-corrected chi connectivity index (χ3v) is 4.86. The summed E-state index contributed by atoms with van der Waals surface area (Å²) in [5, 5.41) is 9.56. The van der Waals surface area contributed by atoms with Crippen molar-refractivity contribution in [1.29, 1.82) is 0 Å². The molecule has 0 unspecified atom stereocenters. The van der Waals surface area contributed by atoms with E-state index in [1.165, 1.54) is 6.08 Å². The number of nitrogens with zero attached hydrogens (tertiary/aromatic N) is 2. The zero-order chi connectivity index (χ0) is 21.1. The summed E-state index contributed by atoms with van der Waals surface area (Å²) in [6, 6.07) is 0. The van der Waals surface area contributed by atoms with Crippen molar-refractivity contribution in [2.45, 2.75) is 31.0 Å². The van der Waals surface area contributed by atoms with Gasteiger partial charge in [-0.3, -0.25) is 14.3 Å². The summed E-state index contributed by atoms with van der Waals surface area (Å²) in [7, 11) is 1.73. The molecule has 0 radical (unpaired) electrons. The summed E-state index contributed by atoms with van der Waals surface area (Å²) in [6.07, 6.45) is 2.02. The van der Waals surface area contributed by atoms with Crippen LogP contribution in [0.4, 0.5) is 4.39 Å². The maximum atomic E-state index is 15.1. The predicted octanol–water partition coefficient (Wildman–Crippen LogP) is 0.815. The van der Waals surface area contributed by atoms with Crippen molar-refractivity contribution >= 4 is 34.6 Å². The summed E-state index contributed by atoms with van der Waals surface area (Å²) < 4.78 is 28.3. The van der Waals surface area contributed by atoms with E-state index in [1.807, 2.05) is 22.6 Å². The SMILES string of the molecule is CN1C=CCC(C(=O)O[C@H]2[C@@H](F)[C@H](n3cc(/C=C/I)c(=O)[nH]c3=O)O[C@@H]2CO)=C1. The Morgan fingerprint density at radius 1 is 1.52 bits per heavy atom. The van der Waals surface area contributed by atoms with E-state index >= 15 is 4.39 Å². The molecule has 1 aromatic rings. The number of alkyl halides is 1. The van der Waals surface area contributed by atoms with Crippen molar-refractivity contribution < 1.29 is 23.8 Å². The minimum atomic E-state index is -1.94. The highest BCUT2D eigenvalue weighted by Crippen LogP contribution is 2.33. The van der Waals surface area contributed by atoms with Crippen LogP contribution in [0.25, 0.3) is 6.08 Å². The molecule has 156 valence electrons. The number of ether oxygens (including phenoxy) is 2. The second-order valence-corrected chi connectivity index (χ2v) is 7.23. The Hall–Kier alpha value is -2.25. The number of rotatable bonds is 5. The first kappa shape index (κ1) is 21.5. The predicted molar refractivity (Wildman–Crippen MR) is 110 cm³/mol. The van der Waals surface area contributed by atoms with E-state index in [9.17, 15) is 19.5 Å². The molecule has 0 aromatic carbocycles. The second-order valence-electron chi connectivity index (χ2n) is 6.51. The van der Waals surface area contributed by atoms with Crippen LogP contribution in [0.2, 0.25) is 0 Å². The van der Waals surface area contributed by atoms with Gasteiger partial charge in [0.05, 0.1) is 17.7 Å². The van der Waals surface area contributed by atoms with E-state index in [4.69, 9.17) is 9.47 Å². The lowest BCUT2D eigenvalue weighted by Crippen LogP contribution is -2.38. The van der Waals surface area contributed by atoms with Crippen LogP contribution in [0.3, 0.4) is 0 Å². The summed E-state index contributed by atoms with van der Waals surface area (Å²) >= 11 is 1.90. The quantitative estimate of drug-likeness (QED) is 0.438. The van der Waals surface area contributed by atoms with Gasteiger partial charge in [-0.1, -0.05) is 28.7 Å². The summed E-state index contributed by atoms with van der Waals surface area (Å²) in [6.45, 7) is -0.619. The molecule has 2 aliphatic heterocycles. The monoisotopic (exact) mass is 519 g/mol. The van der Waals surface area contributed by atoms with Gasteiger partial charge in [0.2, 0.25) is 0 Å². The highest BCUT2D eigenvalue weighted by Gasteiger charge is 2.49. The lowest BCUT2D eigenvalue weighted by Gasteiger charge is -2.21. The minimum absolute atomic E-state index is 0.123. The number of hydrogen-bond acceptors (Lipinski definition) is 7. The molecule has 11 heteroatoms. The maximum Gasteiger partial charge on any atom is 0.336 e. The molecule has 0 bridgehead atoms. The van der Waals surface area contributed by atoms with E-state index in [2.05, 4.69) is 4.98 Å². The molecule has 0 aliphatic carbocycles. The number of H-pyrrole nitrogens is 1. The van der Waals surface area contributed by atoms with Crippen LogP contribution in [0.15, 0.2) is 43.9 Å². The number of esters is 1. The number of aromatic nitrogens is 2. The number of aliphatic hydroxyl groups is 1. The fourth-order valence-corrected chi connectivity index (χ4v) is 3.49. The zero-order valence-corrected chi connectivity index (χ0v) is 17.5. The Labute approximate surface area is 178 Å². The number of allylic oxidation sites excluding steroid dienone is 1. The molecule has 4 atom stereocenters. The van der Waals surface area contributed by atoms with Gasteiger partial charge in [0.1, 0.15) is 6.10 Å². The minimum Gasteiger partial charge on any atom is -0.453 e. The average Bonchev–Trinajstić information content (AvgIpc) is 2.99. The molecule has 3 heterocycles. The van der Waals surface area contributed by atoms with E-state index in [0.717, 1.165) is 10.8 Å². The van der Waals surface area contributed by atoms with Gasteiger partial charge in [-0.2, -0.15) is 0 Å². The number of carbonyl (C=O) groups is 1. The van der Waals surface area contributed by atoms with Crippen molar-refractivity contribution in [3.8, 4) is 0 Å². The first-order valence-electron chi connectivity index (χ1n) is 8.68. The Morgan fingerprint density at radius 3 is 2.93 bits per heavy atom. The van der Waals surface area contributed by atoms with Crippen molar-refractivity contribution in [2.24, 2.45) is 0 Å². The number of aliphatic hydroxyl groups excluding tert-OH is 1. The van der Waals surface area contributed by atoms with Crippen molar-refractivity contribution in [3.05, 3.63) is 60.7 Å². The van der Waals surface area contributed by atoms with Gasteiger partial charge in [0.15, 0.2) is 18.5 Å². The molecular weight excluding hydrogens is 500 g/mol. The lowest BCUT2D eigenvalue weighted by molar-refractivity contribution is -0.150. The average molecular weight is 519 g/mol. The van der Waals surface area contributed by atoms with E-state index in [0.29, 0.717) is 12.0 Å². The largest absolute Gasteiger partial charge is 0.453 e. The molecule has 29 heavy (non-hydrogen) atoms. The highest BCUT2D eigenvalue weighted by molar-refractivity contribution is 14.1. The van der Waals surface area contributed by atoms with Crippen molar-refractivity contribution in [3.63, 3.8) is 0 Å². The number of nitrogens with one attached hydrogen (secondary N) is 1. The summed E-state index contributed by atoms with van der Waals surface area (Å²) in [4.78, 5) is 40.2. The molecule has 1 aromatic heterocycles. The second kappa shape index (κ2) is 9.05. The Kier molecular flexibility index (Phi) is 6.70. The van der Waals surface area contributed by atoms with Gasteiger partial charge in [-0.25, -0.2) is 14.0 Å². The zero-order valence-electron chi connectivity index (χ0n) is 15.3. The van der Waals surface area contributed by atoms with Crippen molar-refractivity contribution in [1.82, 2.24) is 14.5 Å². The van der Waals surface area contributed by atoms with E-state index in [-0.39, 0.29) is 5.56 Å². The number of carbonyl (C=O) groups excluding carboxylic acids is 1. The molecule has 9 nitrogen and oxygen atoms in total. The number of hydrogen-bond donors (Lipinski definition) is 2. The van der Waals surface area contributed by atoms with E-state index in [1.54, 1.807) is 34.5 Å². The number of halogens is 2. The lowest BCUT2D eigenvalue weighted by atomic mass is 10.1. The summed E-state index contributed by atoms with van der Waals surface area (Å²) in [5.74, 6) is -0.737. The highest BCUT2D eigenvalue weighted by atomic mass is 127. The topological polar surface area (TPSA) is 114 Å². The Balaban J connectivity index is 1.86. The Bertz CT molecular complexity index is 985. The van der Waals surface area contributed by atoms with Gasteiger partial charge in [-0.05, 0) is 16.4 Å². The van der Waals surface area contributed by atoms with Gasteiger partial charge in [0.25, 0.3) is 5.56 Å². The smallest absolute Gasteiger partial charge is 0.336 e. The fourth-order valence-electron chi connectivity index (χ4n) is 3.11. The number of aromatic amines is 1. The molecule has 3 rings (SSSR count). The van der Waals surface area contributed by atoms with Crippen LogP contribution < -0.4 is 11.2 Å². The molecule has 2 N–H and O–H groups in total. The van der Waals surface area contributed by atoms with Crippen LogP contribution in [0.1, 0.15) is 18.2 Å². The van der Waals surface area contributed by atoms with Crippen LogP contribution in [0.5, 0.6) is 0 Å². The van der Waals surface area contributed by atoms with Crippen LogP contribution >= 0.6 is 22.6 Å².